The smallest absolute Gasteiger partial charge is 0.289 e. The average molecular weight is 380 g/mol. The first-order valence-electron chi connectivity index (χ1n) is 8.43. The fourth-order valence-corrected chi connectivity index (χ4v) is 2.55. The van der Waals surface area contributed by atoms with E-state index in [2.05, 4.69) is 20.7 Å². The van der Waals surface area contributed by atoms with Crippen LogP contribution in [0.5, 0.6) is 17.2 Å². The Morgan fingerprint density at radius 2 is 1.86 bits per heavy atom. The Labute approximate surface area is 161 Å². The Balaban J connectivity index is 1.75. The minimum Gasteiger partial charge on any atom is -0.508 e. The summed E-state index contributed by atoms with van der Waals surface area (Å²) in [5.74, 6) is 0.982. The molecule has 8 nitrogen and oxygen atoms in total. The molecule has 0 fully saturated rings. The first-order valence-corrected chi connectivity index (χ1v) is 8.43. The second-order valence-electron chi connectivity index (χ2n) is 5.92. The third-order valence-corrected chi connectivity index (χ3v) is 4.12. The summed E-state index contributed by atoms with van der Waals surface area (Å²) in [6, 6.07) is 13.5. The normalized spacial score (nSPS) is 11.2. The number of carbonyl (C=O) groups excluding carboxylic acids is 1. The Bertz CT molecular complexity index is 1010. The van der Waals surface area contributed by atoms with Crippen molar-refractivity contribution in [3.8, 4) is 28.5 Å². The molecule has 0 atom stereocenters. The number of H-pyrrole nitrogens is 1. The van der Waals surface area contributed by atoms with Crippen LogP contribution in [0.15, 0.2) is 53.6 Å². The van der Waals surface area contributed by atoms with Crippen molar-refractivity contribution < 1.29 is 19.4 Å². The van der Waals surface area contributed by atoms with E-state index in [1.54, 1.807) is 63.6 Å². The molecule has 144 valence electrons. The van der Waals surface area contributed by atoms with Crippen molar-refractivity contribution >= 4 is 11.6 Å². The van der Waals surface area contributed by atoms with Crippen LogP contribution in [0.3, 0.4) is 0 Å². The molecule has 3 aromatic rings. The van der Waals surface area contributed by atoms with Gasteiger partial charge in [0.25, 0.3) is 5.91 Å². The highest BCUT2D eigenvalue weighted by Crippen LogP contribution is 2.32. The summed E-state index contributed by atoms with van der Waals surface area (Å²) in [5, 5.41) is 20.3. The number of phenolic OH excluding ortho intramolecular Hbond substituents is 1. The van der Waals surface area contributed by atoms with Gasteiger partial charge < -0.3 is 14.6 Å². The molecule has 2 aromatic carbocycles. The molecule has 0 aliphatic heterocycles. The van der Waals surface area contributed by atoms with Crippen LogP contribution in [-0.2, 0) is 0 Å². The van der Waals surface area contributed by atoms with Crippen LogP contribution in [0.4, 0.5) is 0 Å². The number of aromatic amines is 1. The van der Waals surface area contributed by atoms with E-state index >= 15 is 0 Å². The zero-order valence-corrected chi connectivity index (χ0v) is 15.7. The van der Waals surface area contributed by atoms with Gasteiger partial charge in [0, 0.05) is 11.6 Å². The molecule has 0 saturated heterocycles. The maximum Gasteiger partial charge on any atom is 0.289 e. The number of hydrogen-bond acceptors (Lipinski definition) is 6. The number of methoxy groups -OCH3 is 2. The topological polar surface area (TPSA) is 109 Å². The molecule has 3 rings (SSSR count). The summed E-state index contributed by atoms with van der Waals surface area (Å²) in [6.45, 7) is 1.76. The number of hydrogen-bond donors (Lipinski definition) is 3. The molecule has 1 heterocycles. The van der Waals surface area contributed by atoms with E-state index in [-0.39, 0.29) is 11.4 Å². The number of ether oxygens (including phenoxy) is 2. The monoisotopic (exact) mass is 380 g/mol. The predicted molar refractivity (Wildman–Crippen MR) is 105 cm³/mol. The zero-order chi connectivity index (χ0) is 20.1. The molecule has 0 aliphatic rings. The standard InChI is InChI=1S/C20H20N4O4/c1-12(13-4-6-14(25)7-5-13)21-24-20(26)18-11-17(22-23-18)16-9-8-15(27-2)10-19(16)28-3/h4-11,25H,1-3H3,(H,22,23)(H,24,26). The van der Waals surface area contributed by atoms with Gasteiger partial charge in [0.05, 0.1) is 25.6 Å². The van der Waals surface area contributed by atoms with E-state index in [4.69, 9.17) is 9.47 Å². The van der Waals surface area contributed by atoms with Gasteiger partial charge in [-0.25, -0.2) is 5.43 Å². The molecule has 1 amide bonds. The van der Waals surface area contributed by atoms with Crippen molar-refractivity contribution in [3.05, 3.63) is 59.8 Å². The van der Waals surface area contributed by atoms with Crippen LogP contribution in [0.2, 0.25) is 0 Å². The molecule has 0 radical (unpaired) electrons. The fourth-order valence-electron chi connectivity index (χ4n) is 2.55. The Morgan fingerprint density at radius 3 is 2.54 bits per heavy atom. The SMILES string of the molecule is COc1ccc(-c2cc(C(=O)NN=C(C)c3ccc(O)cc3)[nH]n2)c(OC)c1. The largest absolute Gasteiger partial charge is 0.508 e. The van der Waals surface area contributed by atoms with Gasteiger partial charge >= 0.3 is 0 Å². The maximum atomic E-state index is 12.4. The lowest BCUT2D eigenvalue weighted by molar-refractivity contribution is 0.0950. The van der Waals surface area contributed by atoms with Gasteiger partial charge in [-0.15, -0.1) is 0 Å². The van der Waals surface area contributed by atoms with Crippen LogP contribution in [0.1, 0.15) is 23.0 Å². The van der Waals surface area contributed by atoms with Crippen molar-refractivity contribution in [3.63, 3.8) is 0 Å². The maximum absolute atomic E-state index is 12.4. The third kappa shape index (κ3) is 4.12. The summed E-state index contributed by atoms with van der Waals surface area (Å²) in [5.41, 5.74) is 5.42. The van der Waals surface area contributed by atoms with Crippen LogP contribution in [0, 0.1) is 0 Å². The summed E-state index contributed by atoms with van der Waals surface area (Å²) in [6.07, 6.45) is 0. The van der Waals surface area contributed by atoms with Gasteiger partial charge in [-0.2, -0.15) is 10.2 Å². The second-order valence-corrected chi connectivity index (χ2v) is 5.92. The lowest BCUT2D eigenvalue weighted by Crippen LogP contribution is -2.19. The van der Waals surface area contributed by atoms with E-state index in [1.165, 1.54) is 0 Å². The Hall–Kier alpha value is -3.81. The van der Waals surface area contributed by atoms with Crippen LogP contribution >= 0.6 is 0 Å². The molecule has 0 bridgehead atoms. The van der Waals surface area contributed by atoms with Crippen LogP contribution in [-0.4, -0.2) is 41.1 Å². The molecule has 8 heteroatoms. The first-order chi connectivity index (χ1) is 13.5. The summed E-state index contributed by atoms with van der Waals surface area (Å²) in [7, 11) is 3.13. The average Bonchev–Trinajstić information content (AvgIpc) is 3.21. The molecule has 28 heavy (non-hydrogen) atoms. The molecule has 0 saturated carbocycles. The van der Waals surface area contributed by atoms with E-state index < -0.39 is 5.91 Å². The van der Waals surface area contributed by atoms with Crippen molar-refractivity contribution in [1.29, 1.82) is 0 Å². The molecular formula is C20H20N4O4. The number of phenols is 1. The molecular weight excluding hydrogens is 360 g/mol. The zero-order valence-electron chi connectivity index (χ0n) is 15.7. The summed E-state index contributed by atoms with van der Waals surface area (Å²) >= 11 is 0. The van der Waals surface area contributed by atoms with Gasteiger partial charge in [-0.1, -0.05) is 0 Å². The molecule has 3 N–H and O–H groups in total. The predicted octanol–water partition coefficient (Wildman–Crippen LogP) is 2.95. The highest BCUT2D eigenvalue weighted by atomic mass is 16.5. The third-order valence-electron chi connectivity index (χ3n) is 4.12. The van der Waals surface area contributed by atoms with Crippen LogP contribution < -0.4 is 14.9 Å². The number of benzene rings is 2. The number of amides is 1. The lowest BCUT2D eigenvalue weighted by Gasteiger charge is -2.08. The second kappa shape index (κ2) is 8.26. The van der Waals surface area contributed by atoms with Crippen molar-refractivity contribution in [2.24, 2.45) is 5.10 Å². The molecule has 0 unspecified atom stereocenters. The highest BCUT2D eigenvalue weighted by molar-refractivity contribution is 6.00. The molecule has 1 aromatic heterocycles. The highest BCUT2D eigenvalue weighted by Gasteiger charge is 2.14. The van der Waals surface area contributed by atoms with Gasteiger partial charge in [-0.05, 0) is 55.0 Å². The number of hydrazone groups is 1. The Kier molecular flexibility index (Phi) is 5.59. The lowest BCUT2D eigenvalue weighted by atomic mass is 10.1. The van der Waals surface area contributed by atoms with Crippen molar-refractivity contribution in [2.45, 2.75) is 6.92 Å². The fraction of sp³-hybridized carbons (Fsp3) is 0.150. The quantitative estimate of drug-likeness (QED) is 0.450. The van der Waals surface area contributed by atoms with Gasteiger partial charge in [0.1, 0.15) is 22.9 Å². The number of carbonyl (C=O) groups is 1. The minimum absolute atomic E-state index is 0.166. The van der Waals surface area contributed by atoms with Crippen LogP contribution in [0.25, 0.3) is 11.3 Å². The number of aromatic hydroxyl groups is 1. The number of rotatable bonds is 6. The van der Waals surface area contributed by atoms with E-state index in [1.807, 2.05) is 6.07 Å². The molecule has 0 aliphatic carbocycles. The van der Waals surface area contributed by atoms with E-state index in [0.29, 0.717) is 22.9 Å². The van der Waals surface area contributed by atoms with Crippen molar-refractivity contribution in [1.82, 2.24) is 15.6 Å². The van der Waals surface area contributed by atoms with Gasteiger partial charge in [0.2, 0.25) is 0 Å². The van der Waals surface area contributed by atoms with Gasteiger partial charge in [0.15, 0.2) is 0 Å². The van der Waals surface area contributed by atoms with E-state index in [0.717, 1.165) is 11.1 Å². The van der Waals surface area contributed by atoms with Crippen molar-refractivity contribution in [2.75, 3.05) is 14.2 Å². The number of nitrogens with zero attached hydrogens (tertiary/aromatic N) is 2. The summed E-state index contributed by atoms with van der Waals surface area (Å²) in [4.78, 5) is 12.4. The van der Waals surface area contributed by atoms with E-state index in [9.17, 15) is 9.90 Å². The minimum atomic E-state index is -0.427. The Morgan fingerprint density at radius 1 is 1.11 bits per heavy atom. The van der Waals surface area contributed by atoms with Gasteiger partial charge in [-0.3, -0.25) is 9.89 Å². The number of nitrogens with one attached hydrogen (secondary N) is 2. The molecule has 0 spiro atoms. The summed E-state index contributed by atoms with van der Waals surface area (Å²) < 4.78 is 10.6. The number of aromatic nitrogens is 2. The first kappa shape index (κ1) is 19.0.